The van der Waals surface area contributed by atoms with Gasteiger partial charge >= 0.3 is 7.60 Å². The van der Waals surface area contributed by atoms with E-state index in [1.54, 1.807) is 0 Å². The normalized spacial score (nSPS) is 13.5. The number of nitrogens with zero attached hydrogens (tertiary/aromatic N) is 3. The Bertz CT molecular complexity index is 773. The number of fused-ring (bicyclic) bond motifs is 1. The first kappa shape index (κ1) is 17.5. The summed E-state index contributed by atoms with van der Waals surface area (Å²) < 4.78 is 34.4. The molecule has 0 aliphatic carbocycles. The lowest BCUT2D eigenvalue weighted by atomic mass is 10.5. The lowest BCUT2D eigenvalue weighted by Gasteiger charge is -2.19. The van der Waals surface area contributed by atoms with Crippen molar-refractivity contribution in [3.8, 4) is 0 Å². The van der Waals surface area contributed by atoms with Crippen LogP contribution in [0.15, 0.2) is 11.1 Å². The Kier molecular flexibility index (Phi) is 5.44. The molecular formula is C10H15FN5O6P. The molecule has 2 heterocycles. The number of nitrogens with two attached hydrogens (primary N) is 1. The Labute approximate surface area is 128 Å². The summed E-state index contributed by atoms with van der Waals surface area (Å²) in [6, 6.07) is 0. The molecule has 0 amide bonds. The average molecular weight is 351 g/mol. The van der Waals surface area contributed by atoms with Gasteiger partial charge in [-0.3, -0.25) is 14.3 Å². The van der Waals surface area contributed by atoms with E-state index in [9.17, 15) is 13.8 Å². The summed E-state index contributed by atoms with van der Waals surface area (Å²) in [7, 11) is -4.42. The van der Waals surface area contributed by atoms with Crippen LogP contribution in [-0.4, -0.2) is 55.2 Å². The first-order valence-electron chi connectivity index (χ1n) is 6.34. The second-order valence-corrected chi connectivity index (χ2v) is 6.06. The van der Waals surface area contributed by atoms with Crippen molar-refractivity contribution in [1.29, 1.82) is 0 Å². The fourth-order valence-corrected chi connectivity index (χ4v) is 2.14. The Morgan fingerprint density at radius 2 is 2.22 bits per heavy atom. The van der Waals surface area contributed by atoms with E-state index in [0.717, 1.165) is 0 Å². The third kappa shape index (κ3) is 4.81. The molecular weight excluding hydrogens is 336 g/mol. The maximum absolute atomic E-state index is 12.2. The molecule has 2 rings (SSSR count). The number of aromatic amines is 1. The molecule has 0 radical (unpaired) electrons. The Hall–Kier alpha value is -1.85. The smallest absolute Gasteiger partial charge is 0.351 e. The van der Waals surface area contributed by atoms with Crippen molar-refractivity contribution in [2.75, 3.05) is 25.4 Å². The largest absolute Gasteiger partial charge is 0.369 e. The van der Waals surface area contributed by atoms with Crippen molar-refractivity contribution < 1.29 is 28.2 Å². The van der Waals surface area contributed by atoms with E-state index in [-0.39, 0.29) is 30.3 Å². The topological polar surface area (TPSA) is 166 Å². The summed E-state index contributed by atoms with van der Waals surface area (Å²) in [6.07, 6.45) is -0.802. The zero-order valence-corrected chi connectivity index (χ0v) is 12.6. The minimum Gasteiger partial charge on any atom is -0.369 e. The molecule has 5 N–H and O–H groups in total. The molecule has 2 aromatic heterocycles. The molecule has 0 spiro atoms. The Morgan fingerprint density at radius 1 is 1.48 bits per heavy atom. The SMILES string of the molecule is Nc1nc2c(ncn2CC(OCCF)OCP(=O)(O)O)c(=O)[nH]1. The quantitative estimate of drug-likeness (QED) is 0.350. The van der Waals surface area contributed by atoms with Crippen LogP contribution in [0, 0.1) is 0 Å². The van der Waals surface area contributed by atoms with Crippen molar-refractivity contribution in [1.82, 2.24) is 19.5 Å². The van der Waals surface area contributed by atoms with Crippen LogP contribution in [0.5, 0.6) is 0 Å². The van der Waals surface area contributed by atoms with Gasteiger partial charge in [-0.25, -0.2) is 9.37 Å². The van der Waals surface area contributed by atoms with Crippen LogP contribution in [0.2, 0.25) is 0 Å². The van der Waals surface area contributed by atoms with Gasteiger partial charge in [-0.15, -0.1) is 0 Å². The van der Waals surface area contributed by atoms with Gasteiger partial charge in [0.2, 0.25) is 5.95 Å². The number of halogens is 1. The predicted molar refractivity (Wildman–Crippen MR) is 76.3 cm³/mol. The van der Waals surface area contributed by atoms with Crippen molar-refractivity contribution in [3.05, 3.63) is 16.7 Å². The number of alkyl halides is 1. The third-order valence-electron chi connectivity index (χ3n) is 2.65. The molecule has 11 nitrogen and oxygen atoms in total. The first-order valence-corrected chi connectivity index (χ1v) is 8.14. The van der Waals surface area contributed by atoms with Crippen LogP contribution in [0.1, 0.15) is 0 Å². The molecule has 128 valence electrons. The molecule has 23 heavy (non-hydrogen) atoms. The lowest BCUT2D eigenvalue weighted by Crippen LogP contribution is -2.25. The van der Waals surface area contributed by atoms with Gasteiger partial charge < -0.3 is 29.6 Å². The van der Waals surface area contributed by atoms with Gasteiger partial charge in [0.05, 0.1) is 19.5 Å². The minimum atomic E-state index is -4.42. The maximum atomic E-state index is 12.2. The summed E-state index contributed by atoms with van der Waals surface area (Å²) >= 11 is 0. The summed E-state index contributed by atoms with van der Waals surface area (Å²) in [5, 5.41) is 0. The fraction of sp³-hybridized carbons (Fsp3) is 0.500. The first-order chi connectivity index (χ1) is 10.8. The second-order valence-electron chi connectivity index (χ2n) is 4.47. The van der Waals surface area contributed by atoms with E-state index in [1.165, 1.54) is 10.9 Å². The predicted octanol–water partition coefficient (Wildman–Crippen LogP) is -0.834. The van der Waals surface area contributed by atoms with E-state index in [0.29, 0.717) is 0 Å². The molecule has 13 heteroatoms. The van der Waals surface area contributed by atoms with E-state index in [1.807, 2.05) is 0 Å². The van der Waals surface area contributed by atoms with Gasteiger partial charge in [-0.2, -0.15) is 4.98 Å². The number of rotatable bonds is 8. The van der Waals surface area contributed by atoms with E-state index >= 15 is 0 Å². The standard InChI is InChI=1S/C10H15FN5O6P/c11-1-2-21-6(22-5-23(18,19)20)3-16-4-13-7-8(16)14-10(12)15-9(7)17/h4,6H,1-3,5H2,(H2,18,19,20)(H3,12,14,15,17). The van der Waals surface area contributed by atoms with Crippen molar-refractivity contribution in [2.45, 2.75) is 12.8 Å². The molecule has 2 aromatic rings. The summed E-state index contributed by atoms with van der Waals surface area (Å²) in [5.41, 5.74) is 5.08. The number of nitrogens with one attached hydrogen (secondary N) is 1. The monoisotopic (exact) mass is 351 g/mol. The van der Waals surface area contributed by atoms with Crippen LogP contribution in [0.4, 0.5) is 10.3 Å². The molecule has 0 saturated heterocycles. The fourth-order valence-electron chi connectivity index (χ4n) is 1.77. The lowest BCUT2D eigenvalue weighted by molar-refractivity contribution is -0.141. The summed E-state index contributed by atoms with van der Waals surface area (Å²) in [5.74, 6) is -0.124. The number of ether oxygens (including phenoxy) is 2. The zero-order chi connectivity index (χ0) is 17.0. The summed E-state index contributed by atoms with van der Waals surface area (Å²) in [4.78, 5) is 39.4. The van der Waals surface area contributed by atoms with E-state index in [4.69, 9.17) is 25.0 Å². The average Bonchev–Trinajstić information content (AvgIpc) is 2.84. The van der Waals surface area contributed by atoms with Gasteiger partial charge in [0.1, 0.15) is 6.67 Å². The second kappa shape index (κ2) is 7.15. The van der Waals surface area contributed by atoms with Crippen molar-refractivity contribution >= 4 is 24.7 Å². The van der Waals surface area contributed by atoms with Crippen LogP contribution >= 0.6 is 7.60 Å². The molecule has 0 aliphatic rings. The molecule has 0 bridgehead atoms. The van der Waals surface area contributed by atoms with Crippen molar-refractivity contribution in [3.63, 3.8) is 0 Å². The van der Waals surface area contributed by atoms with Crippen molar-refractivity contribution in [2.24, 2.45) is 0 Å². The summed E-state index contributed by atoms with van der Waals surface area (Å²) in [6.45, 7) is -1.24. The number of imidazole rings is 1. The van der Waals surface area contributed by atoms with Crippen LogP contribution < -0.4 is 11.3 Å². The number of hydrogen-bond donors (Lipinski definition) is 4. The number of aromatic nitrogens is 4. The molecule has 0 aliphatic heterocycles. The van der Waals surface area contributed by atoms with Crippen LogP contribution in [-0.2, 0) is 20.6 Å². The Morgan fingerprint density at radius 3 is 2.87 bits per heavy atom. The number of H-pyrrole nitrogens is 1. The molecule has 0 aromatic carbocycles. The highest BCUT2D eigenvalue weighted by molar-refractivity contribution is 7.51. The number of nitrogen functional groups attached to an aromatic ring is 1. The highest BCUT2D eigenvalue weighted by Gasteiger charge is 2.20. The molecule has 1 unspecified atom stereocenters. The van der Waals surface area contributed by atoms with Gasteiger partial charge in [0, 0.05) is 0 Å². The number of anilines is 1. The van der Waals surface area contributed by atoms with Gasteiger partial charge in [-0.1, -0.05) is 0 Å². The van der Waals surface area contributed by atoms with Gasteiger partial charge in [0.25, 0.3) is 5.56 Å². The molecule has 0 fully saturated rings. The van der Waals surface area contributed by atoms with E-state index in [2.05, 4.69) is 15.0 Å². The molecule has 1 atom stereocenters. The highest BCUT2D eigenvalue weighted by Crippen LogP contribution is 2.34. The third-order valence-corrected chi connectivity index (χ3v) is 3.13. The molecule has 0 saturated carbocycles. The zero-order valence-electron chi connectivity index (χ0n) is 11.8. The number of hydrogen-bond acceptors (Lipinski definition) is 7. The van der Waals surface area contributed by atoms with Crippen LogP contribution in [0.25, 0.3) is 11.2 Å². The minimum absolute atomic E-state index is 0.0263. The Balaban J connectivity index is 2.21. The van der Waals surface area contributed by atoms with Crippen LogP contribution in [0.3, 0.4) is 0 Å². The highest BCUT2D eigenvalue weighted by atomic mass is 31.2. The maximum Gasteiger partial charge on any atom is 0.351 e. The van der Waals surface area contributed by atoms with Gasteiger partial charge in [-0.05, 0) is 0 Å². The van der Waals surface area contributed by atoms with Gasteiger partial charge in [0.15, 0.2) is 23.8 Å². The van der Waals surface area contributed by atoms with E-state index < -0.39 is 32.5 Å².